The number of carbonyl (C=O) groups is 4. The highest BCUT2D eigenvalue weighted by Crippen LogP contribution is 2.58. The third-order valence-electron chi connectivity index (χ3n) is 7.99. The van der Waals surface area contributed by atoms with Gasteiger partial charge in [0.2, 0.25) is 23.6 Å². The SMILES string of the molecule is COc1cccc2[nH]c(C(=O)N3CC4(CC3C(=O)N[C@@H](C[C@@H]3CCCNC3=O)C(N)=O)CC(F)(F)C4)cc12. The second kappa shape index (κ2) is 9.55. The Morgan fingerprint density at radius 1 is 1.29 bits per heavy atom. The molecule has 1 unspecified atom stereocenters. The van der Waals surface area contributed by atoms with Crippen LogP contribution in [-0.4, -0.2) is 71.7 Å². The number of alkyl halides is 2. The predicted octanol–water partition coefficient (Wildman–Crippen LogP) is 1.69. The highest BCUT2D eigenvalue weighted by molar-refractivity contribution is 6.02. The topological polar surface area (TPSA) is 147 Å². The van der Waals surface area contributed by atoms with Gasteiger partial charge in [-0.25, -0.2) is 8.78 Å². The van der Waals surface area contributed by atoms with Crippen LogP contribution in [-0.2, 0) is 14.4 Å². The van der Waals surface area contributed by atoms with Gasteiger partial charge in [0.25, 0.3) is 5.91 Å². The summed E-state index contributed by atoms with van der Waals surface area (Å²) in [6, 6.07) is 4.69. The van der Waals surface area contributed by atoms with Crippen molar-refractivity contribution >= 4 is 34.5 Å². The number of rotatable bonds is 7. The van der Waals surface area contributed by atoms with Gasteiger partial charge in [-0.3, -0.25) is 19.2 Å². The zero-order valence-electron chi connectivity index (χ0n) is 21.0. The molecule has 10 nitrogen and oxygen atoms in total. The molecule has 3 heterocycles. The lowest BCUT2D eigenvalue weighted by Gasteiger charge is -2.44. The molecule has 0 radical (unpaired) electrons. The number of hydrogen-bond acceptors (Lipinski definition) is 5. The van der Waals surface area contributed by atoms with Gasteiger partial charge in [0.15, 0.2) is 0 Å². The number of halogens is 2. The molecule has 3 fully saturated rings. The van der Waals surface area contributed by atoms with Gasteiger partial charge in [-0.2, -0.15) is 0 Å². The van der Waals surface area contributed by atoms with E-state index in [0.29, 0.717) is 29.6 Å². The molecule has 5 N–H and O–H groups in total. The Labute approximate surface area is 217 Å². The molecule has 1 saturated carbocycles. The molecule has 1 aromatic heterocycles. The first-order valence-electron chi connectivity index (χ1n) is 12.7. The van der Waals surface area contributed by atoms with Crippen molar-refractivity contribution in [1.82, 2.24) is 20.5 Å². The maximum Gasteiger partial charge on any atom is 0.271 e. The zero-order valence-corrected chi connectivity index (χ0v) is 21.0. The number of nitrogens with zero attached hydrogens (tertiary/aromatic N) is 1. The van der Waals surface area contributed by atoms with Gasteiger partial charge in [0.05, 0.1) is 7.11 Å². The lowest BCUT2D eigenvalue weighted by molar-refractivity contribution is -0.155. The molecule has 0 bridgehead atoms. The van der Waals surface area contributed by atoms with E-state index in [-0.39, 0.29) is 31.0 Å². The molecule has 1 aromatic carbocycles. The summed E-state index contributed by atoms with van der Waals surface area (Å²) in [5, 5.41) is 6.02. The molecule has 3 atom stereocenters. The molecule has 1 spiro atoms. The van der Waals surface area contributed by atoms with Crippen molar-refractivity contribution in [2.24, 2.45) is 17.1 Å². The summed E-state index contributed by atoms with van der Waals surface area (Å²) >= 11 is 0. The third-order valence-corrected chi connectivity index (χ3v) is 7.99. The van der Waals surface area contributed by atoms with E-state index in [1.54, 1.807) is 24.3 Å². The van der Waals surface area contributed by atoms with Crippen molar-refractivity contribution in [2.45, 2.75) is 56.5 Å². The van der Waals surface area contributed by atoms with Crippen LogP contribution in [0.3, 0.4) is 0 Å². The Bertz CT molecular complexity index is 1290. The summed E-state index contributed by atoms with van der Waals surface area (Å²) in [4.78, 5) is 55.8. The number of methoxy groups -OCH3 is 1. The first-order valence-corrected chi connectivity index (χ1v) is 12.7. The van der Waals surface area contributed by atoms with Gasteiger partial charge in [-0.05, 0) is 43.9 Å². The monoisotopic (exact) mass is 531 g/mol. The number of H-pyrrole nitrogens is 1. The molecular formula is C26H31F2N5O5. The number of aromatic amines is 1. The summed E-state index contributed by atoms with van der Waals surface area (Å²) in [6.07, 6.45) is 0.525. The van der Waals surface area contributed by atoms with Gasteiger partial charge in [0.1, 0.15) is 23.5 Å². The van der Waals surface area contributed by atoms with Crippen LogP contribution in [0.15, 0.2) is 24.3 Å². The summed E-state index contributed by atoms with van der Waals surface area (Å²) in [6.45, 7) is 0.534. The van der Waals surface area contributed by atoms with Gasteiger partial charge >= 0.3 is 0 Å². The first-order chi connectivity index (χ1) is 18.0. The van der Waals surface area contributed by atoms with E-state index in [0.717, 1.165) is 6.42 Å². The average molecular weight is 532 g/mol. The van der Waals surface area contributed by atoms with E-state index in [4.69, 9.17) is 10.5 Å². The molecule has 38 heavy (non-hydrogen) atoms. The zero-order chi connectivity index (χ0) is 27.2. The van der Waals surface area contributed by atoms with Crippen LogP contribution in [0, 0.1) is 11.3 Å². The minimum absolute atomic E-state index is 0.0156. The van der Waals surface area contributed by atoms with Crippen molar-refractivity contribution in [3.63, 3.8) is 0 Å². The Hall–Kier alpha value is -3.70. The number of primary amides is 1. The first kappa shape index (κ1) is 25.9. The molecule has 4 amide bonds. The van der Waals surface area contributed by atoms with Gasteiger partial charge in [0, 0.05) is 48.2 Å². The second-order valence-electron chi connectivity index (χ2n) is 10.8. The van der Waals surface area contributed by atoms with Gasteiger partial charge in [-0.15, -0.1) is 0 Å². The van der Waals surface area contributed by atoms with E-state index in [2.05, 4.69) is 15.6 Å². The number of nitrogens with two attached hydrogens (primary N) is 1. The number of carbonyl (C=O) groups excluding carboxylic acids is 4. The molecule has 2 aromatic rings. The smallest absolute Gasteiger partial charge is 0.271 e. The third kappa shape index (κ3) is 4.79. The Kier molecular flexibility index (Phi) is 6.52. The number of hydrogen-bond donors (Lipinski definition) is 4. The van der Waals surface area contributed by atoms with Crippen LogP contribution < -0.4 is 21.1 Å². The van der Waals surface area contributed by atoms with E-state index in [9.17, 15) is 28.0 Å². The number of ether oxygens (including phenoxy) is 1. The van der Waals surface area contributed by atoms with E-state index in [1.807, 2.05) is 0 Å². The van der Waals surface area contributed by atoms with Crippen LogP contribution in [0.25, 0.3) is 10.9 Å². The van der Waals surface area contributed by atoms with Crippen molar-refractivity contribution < 1.29 is 32.7 Å². The molecule has 3 aliphatic rings. The summed E-state index contributed by atoms with van der Waals surface area (Å²) < 4.78 is 33.2. The van der Waals surface area contributed by atoms with Gasteiger partial charge < -0.3 is 31.0 Å². The number of nitrogens with one attached hydrogen (secondary N) is 3. The number of amides is 4. The van der Waals surface area contributed by atoms with Crippen LogP contribution in [0.5, 0.6) is 5.75 Å². The molecule has 12 heteroatoms. The van der Waals surface area contributed by atoms with Crippen molar-refractivity contribution in [3.05, 3.63) is 30.0 Å². The molecule has 2 aliphatic heterocycles. The summed E-state index contributed by atoms with van der Waals surface area (Å²) in [5.74, 6) is -4.96. The standard InChI is InChI=1S/C26H31F2N5O5/c1-38-20-6-2-5-16-15(20)9-18(31-16)24(37)33-13-25(11-26(27,28)12-25)10-19(33)23(36)32-17(21(29)34)8-14-4-3-7-30-22(14)35/h2,5-6,9,14,17,19,31H,3-4,7-8,10-13H2,1H3,(H2,29,34)(H,30,35)(H,32,36)/t14-,17-,19?/m0/s1. The second-order valence-corrected chi connectivity index (χ2v) is 10.8. The normalized spacial score (nSPS) is 24.5. The van der Waals surface area contributed by atoms with Crippen LogP contribution in [0.4, 0.5) is 8.78 Å². The molecule has 1 aliphatic carbocycles. The summed E-state index contributed by atoms with van der Waals surface area (Å²) in [5.41, 5.74) is 5.49. The maximum atomic E-state index is 13.9. The fourth-order valence-electron chi connectivity index (χ4n) is 6.24. The summed E-state index contributed by atoms with van der Waals surface area (Å²) in [7, 11) is 1.51. The van der Waals surface area contributed by atoms with Crippen molar-refractivity contribution in [1.29, 1.82) is 0 Å². The van der Waals surface area contributed by atoms with E-state index >= 15 is 0 Å². The minimum atomic E-state index is -2.85. The quantitative estimate of drug-likeness (QED) is 0.430. The minimum Gasteiger partial charge on any atom is -0.496 e. The number of aromatic nitrogens is 1. The predicted molar refractivity (Wildman–Crippen MR) is 132 cm³/mol. The Morgan fingerprint density at radius 2 is 2.05 bits per heavy atom. The van der Waals surface area contributed by atoms with E-state index < -0.39 is 59.9 Å². The van der Waals surface area contributed by atoms with E-state index in [1.165, 1.54) is 12.0 Å². The van der Waals surface area contributed by atoms with Gasteiger partial charge in [-0.1, -0.05) is 6.07 Å². The lowest BCUT2D eigenvalue weighted by Crippen LogP contribution is -2.53. The molecular weight excluding hydrogens is 500 g/mol. The molecule has 5 rings (SSSR count). The average Bonchev–Trinajstić information content (AvgIpc) is 3.46. The fourth-order valence-corrected chi connectivity index (χ4v) is 6.24. The Morgan fingerprint density at radius 3 is 2.71 bits per heavy atom. The number of fused-ring (bicyclic) bond motifs is 1. The van der Waals surface area contributed by atoms with Crippen molar-refractivity contribution in [2.75, 3.05) is 20.2 Å². The Balaban J connectivity index is 1.39. The fraction of sp³-hybridized carbons (Fsp3) is 0.538. The van der Waals surface area contributed by atoms with Crippen LogP contribution in [0.2, 0.25) is 0 Å². The van der Waals surface area contributed by atoms with Crippen LogP contribution >= 0.6 is 0 Å². The van der Waals surface area contributed by atoms with Crippen LogP contribution in [0.1, 0.15) is 49.0 Å². The molecule has 2 saturated heterocycles. The number of piperidine rings is 1. The largest absolute Gasteiger partial charge is 0.496 e. The molecule has 204 valence electrons. The number of benzene rings is 1. The highest BCUT2D eigenvalue weighted by atomic mass is 19.3. The van der Waals surface area contributed by atoms with Crippen molar-refractivity contribution in [3.8, 4) is 5.75 Å². The maximum absolute atomic E-state index is 13.9. The highest BCUT2D eigenvalue weighted by Gasteiger charge is 2.62. The number of likely N-dealkylation sites (tertiary alicyclic amines) is 1. The lowest BCUT2D eigenvalue weighted by atomic mass is 9.65.